The van der Waals surface area contributed by atoms with Gasteiger partial charge in [0, 0.05) is 18.7 Å². The van der Waals surface area contributed by atoms with Crippen molar-refractivity contribution >= 4 is 28.0 Å². The summed E-state index contributed by atoms with van der Waals surface area (Å²) in [6, 6.07) is 1.72. The van der Waals surface area contributed by atoms with Crippen molar-refractivity contribution in [1.29, 1.82) is 0 Å². The van der Waals surface area contributed by atoms with Gasteiger partial charge in [0.2, 0.25) is 10.0 Å². The number of hydrogen-bond acceptors (Lipinski definition) is 8. The molecule has 0 spiro atoms. The molecule has 0 amide bonds. The van der Waals surface area contributed by atoms with Gasteiger partial charge in [-0.2, -0.15) is 0 Å². The molecule has 3 N–H and O–H groups in total. The molecule has 9 nitrogen and oxygen atoms in total. The summed E-state index contributed by atoms with van der Waals surface area (Å²) < 4.78 is 56.8. The lowest BCUT2D eigenvalue weighted by molar-refractivity contribution is 0.332. The number of halogens is 2. The van der Waals surface area contributed by atoms with E-state index in [0.717, 1.165) is 12.1 Å². The van der Waals surface area contributed by atoms with Crippen molar-refractivity contribution in [2.75, 3.05) is 20.2 Å². The molecule has 0 saturated carbocycles. The molecule has 4 rings (SSSR count). The lowest BCUT2D eigenvalue weighted by atomic mass is 10.1. The topological polar surface area (TPSA) is 122 Å². The zero-order chi connectivity index (χ0) is 20.1. The highest BCUT2D eigenvalue weighted by Crippen LogP contribution is 2.28. The number of hydrogen-bond donors (Lipinski definition) is 2. The second-order valence-electron chi connectivity index (χ2n) is 6.28. The molecule has 0 aliphatic carbocycles. The van der Waals surface area contributed by atoms with E-state index < -0.39 is 32.7 Å². The highest BCUT2D eigenvalue weighted by Gasteiger charge is 2.35. The first-order valence-electron chi connectivity index (χ1n) is 8.24. The fraction of sp³-hybridized carbons (Fsp3) is 0.312. The summed E-state index contributed by atoms with van der Waals surface area (Å²) in [4.78, 5) is 14.1. The maximum absolute atomic E-state index is 14.5. The molecule has 1 atom stereocenters. The monoisotopic (exact) mass is 410 g/mol. The SMILES string of the molecule is COC1=NC2N=CC3=NCCN(Cc4c(F)cc(S(N)(=O)=O)cc4F)C3=C2N1. The average Bonchev–Trinajstić information content (AvgIpc) is 3.07. The molecule has 1 aromatic carbocycles. The molecule has 3 aliphatic rings. The summed E-state index contributed by atoms with van der Waals surface area (Å²) >= 11 is 0. The number of nitrogens with one attached hydrogen (secondary N) is 1. The van der Waals surface area contributed by atoms with Crippen LogP contribution < -0.4 is 10.5 Å². The van der Waals surface area contributed by atoms with E-state index in [2.05, 4.69) is 20.3 Å². The van der Waals surface area contributed by atoms with Gasteiger partial charge in [0.25, 0.3) is 6.02 Å². The molecule has 148 valence electrons. The van der Waals surface area contributed by atoms with Crippen molar-refractivity contribution in [2.24, 2.45) is 20.1 Å². The Balaban J connectivity index is 1.71. The Kier molecular flexibility index (Phi) is 4.38. The molecule has 0 aromatic heterocycles. The van der Waals surface area contributed by atoms with E-state index in [1.807, 2.05) is 0 Å². The van der Waals surface area contributed by atoms with Gasteiger partial charge < -0.3 is 15.0 Å². The molecular weight excluding hydrogens is 394 g/mol. The smallest absolute Gasteiger partial charge is 0.291 e. The van der Waals surface area contributed by atoms with E-state index >= 15 is 0 Å². The minimum Gasteiger partial charge on any atom is -0.468 e. The number of benzene rings is 1. The Bertz CT molecular complexity index is 1060. The fourth-order valence-electron chi connectivity index (χ4n) is 3.22. The first-order chi connectivity index (χ1) is 13.3. The quantitative estimate of drug-likeness (QED) is 0.732. The van der Waals surface area contributed by atoms with Crippen molar-refractivity contribution in [1.82, 2.24) is 10.2 Å². The lowest BCUT2D eigenvalue weighted by Gasteiger charge is -2.34. The minimum absolute atomic E-state index is 0.134. The molecule has 1 aromatic rings. The van der Waals surface area contributed by atoms with Crippen molar-refractivity contribution in [3.63, 3.8) is 0 Å². The number of nitrogens with zero attached hydrogens (tertiary/aromatic N) is 4. The predicted molar refractivity (Wildman–Crippen MR) is 97.3 cm³/mol. The maximum atomic E-state index is 14.5. The Morgan fingerprint density at radius 3 is 2.71 bits per heavy atom. The Labute approximate surface area is 159 Å². The van der Waals surface area contributed by atoms with Crippen LogP contribution in [-0.2, 0) is 21.3 Å². The predicted octanol–water partition coefficient (Wildman–Crippen LogP) is 0.0965. The number of primary sulfonamides is 1. The van der Waals surface area contributed by atoms with Gasteiger partial charge >= 0.3 is 0 Å². The van der Waals surface area contributed by atoms with Crippen molar-refractivity contribution in [2.45, 2.75) is 17.6 Å². The third kappa shape index (κ3) is 3.14. The number of amidine groups is 1. The van der Waals surface area contributed by atoms with Crippen LogP contribution in [0.15, 0.2) is 43.4 Å². The Morgan fingerprint density at radius 2 is 2.07 bits per heavy atom. The normalized spacial score (nSPS) is 21.0. The highest BCUT2D eigenvalue weighted by atomic mass is 32.2. The average molecular weight is 410 g/mol. The van der Waals surface area contributed by atoms with E-state index in [1.54, 1.807) is 11.1 Å². The number of sulfonamides is 1. The van der Waals surface area contributed by atoms with E-state index in [4.69, 9.17) is 9.88 Å². The van der Waals surface area contributed by atoms with E-state index in [1.165, 1.54) is 7.11 Å². The van der Waals surface area contributed by atoms with Gasteiger partial charge in [-0.25, -0.2) is 27.3 Å². The lowest BCUT2D eigenvalue weighted by Crippen LogP contribution is -2.41. The minimum atomic E-state index is -4.22. The zero-order valence-electron chi connectivity index (χ0n) is 14.7. The largest absolute Gasteiger partial charge is 0.468 e. The summed E-state index contributed by atoms with van der Waals surface area (Å²) in [6.07, 6.45) is 1.03. The molecule has 0 radical (unpaired) electrons. The van der Waals surface area contributed by atoms with Crippen LogP contribution in [0.1, 0.15) is 5.56 Å². The van der Waals surface area contributed by atoms with Crippen LogP contribution in [-0.4, -0.2) is 57.6 Å². The molecule has 28 heavy (non-hydrogen) atoms. The van der Waals surface area contributed by atoms with Crippen LogP contribution in [0.25, 0.3) is 0 Å². The molecular formula is C16H16F2N6O3S. The molecule has 3 heterocycles. The van der Waals surface area contributed by atoms with Gasteiger partial charge in [0.1, 0.15) is 17.3 Å². The van der Waals surface area contributed by atoms with Crippen molar-refractivity contribution in [3.05, 3.63) is 40.7 Å². The van der Waals surface area contributed by atoms with Crippen molar-refractivity contribution in [3.8, 4) is 0 Å². The number of allylic oxidation sites excluding steroid dienone is 1. The van der Waals surface area contributed by atoms with Crippen LogP contribution in [0.3, 0.4) is 0 Å². The summed E-state index contributed by atoms with van der Waals surface area (Å²) in [5.74, 6) is -1.99. The number of ether oxygens (including phenoxy) is 1. The van der Waals surface area contributed by atoms with Crippen LogP contribution in [0.5, 0.6) is 0 Å². The first kappa shape index (κ1) is 18.5. The van der Waals surface area contributed by atoms with Gasteiger partial charge in [0.05, 0.1) is 36.2 Å². The third-order valence-electron chi connectivity index (χ3n) is 4.53. The zero-order valence-corrected chi connectivity index (χ0v) is 15.5. The molecule has 1 unspecified atom stereocenters. The highest BCUT2D eigenvalue weighted by molar-refractivity contribution is 7.89. The number of nitrogens with two attached hydrogens (primary N) is 1. The van der Waals surface area contributed by atoms with Gasteiger partial charge in [-0.3, -0.25) is 9.98 Å². The molecule has 0 fully saturated rings. The summed E-state index contributed by atoms with van der Waals surface area (Å²) in [7, 11) is -2.75. The van der Waals surface area contributed by atoms with Crippen molar-refractivity contribution < 1.29 is 21.9 Å². The molecule has 3 aliphatic heterocycles. The number of dihydropyridines is 1. The Morgan fingerprint density at radius 1 is 1.36 bits per heavy atom. The van der Waals surface area contributed by atoms with Crippen LogP contribution in [0.2, 0.25) is 0 Å². The summed E-state index contributed by atoms with van der Waals surface area (Å²) in [6.45, 7) is 0.687. The molecule has 12 heteroatoms. The van der Waals surface area contributed by atoms with Crippen LogP contribution in [0, 0.1) is 11.6 Å². The van der Waals surface area contributed by atoms with E-state index in [9.17, 15) is 17.2 Å². The van der Waals surface area contributed by atoms with E-state index in [0.29, 0.717) is 30.2 Å². The van der Waals surface area contributed by atoms with E-state index in [-0.39, 0.29) is 18.1 Å². The van der Waals surface area contributed by atoms with Gasteiger partial charge in [-0.1, -0.05) is 0 Å². The summed E-state index contributed by atoms with van der Waals surface area (Å²) in [5, 5.41) is 7.96. The van der Waals surface area contributed by atoms with Gasteiger partial charge in [-0.15, -0.1) is 0 Å². The number of methoxy groups -OCH3 is 1. The standard InChI is InChI=1S/C16H16F2N6O3S/c1-27-16-22-13-14-12(6-21-15(13)23-16)20-2-3-24(14)7-9-10(17)4-8(5-11(9)18)28(19,25)26/h4-6,15H,2-3,7H2,1H3,(H,22,23)(H2,19,25,26). The second kappa shape index (κ2) is 6.63. The molecule has 0 bridgehead atoms. The maximum Gasteiger partial charge on any atom is 0.291 e. The number of fused-ring (bicyclic) bond motifs is 2. The number of aliphatic imine (C=N–C) groups is 3. The first-order valence-corrected chi connectivity index (χ1v) is 9.79. The third-order valence-corrected chi connectivity index (χ3v) is 5.42. The summed E-state index contributed by atoms with van der Waals surface area (Å²) in [5.41, 5.74) is 1.53. The number of rotatable bonds is 3. The van der Waals surface area contributed by atoms with Gasteiger partial charge in [-0.05, 0) is 12.1 Å². The van der Waals surface area contributed by atoms with Crippen LogP contribution >= 0.6 is 0 Å². The second-order valence-corrected chi connectivity index (χ2v) is 7.84. The fourth-order valence-corrected chi connectivity index (χ4v) is 3.75. The molecule has 0 saturated heterocycles. The Hall–Kier alpha value is -2.86. The van der Waals surface area contributed by atoms with Crippen LogP contribution in [0.4, 0.5) is 8.78 Å². The van der Waals surface area contributed by atoms with Gasteiger partial charge in [0.15, 0.2) is 6.17 Å².